The quantitative estimate of drug-likeness (QED) is 0.586. The molecule has 1 rings (SSSR count). The molecule has 1 atom stereocenters. The first-order chi connectivity index (χ1) is 5.70. The Kier molecular flexibility index (Phi) is 6.16. The van der Waals surface area contributed by atoms with Crippen molar-refractivity contribution in [2.24, 2.45) is 0 Å². The molecular weight excluding hydrogens is 153 g/mol. The van der Waals surface area contributed by atoms with Gasteiger partial charge in [-0.15, -0.1) is 12.1 Å². The molecule has 0 bridgehead atoms. The van der Waals surface area contributed by atoms with E-state index < -0.39 is 0 Å². The minimum Gasteiger partial charge on any atom is -0.654 e. The molecule has 2 heteroatoms. The maximum Gasteiger partial charge on any atom is 1.00 e. The first kappa shape index (κ1) is 12.8. The summed E-state index contributed by atoms with van der Waals surface area (Å²) in [7, 11) is 0. The molecule has 0 amide bonds. The van der Waals surface area contributed by atoms with E-state index in [2.05, 4.69) is 50.4 Å². The van der Waals surface area contributed by atoms with Crippen molar-refractivity contribution in [1.29, 1.82) is 0 Å². The van der Waals surface area contributed by atoms with E-state index in [0.717, 1.165) is 0 Å². The Bertz CT molecular complexity index is 221. The maximum absolute atomic E-state index is 4.55. The monoisotopic (exact) mass is 169 g/mol. The summed E-state index contributed by atoms with van der Waals surface area (Å²) in [4.78, 5) is 0. The minimum absolute atomic E-state index is 0. The second-order valence-electron chi connectivity index (χ2n) is 3.33. The third-order valence-corrected chi connectivity index (χ3v) is 1.80. The third kappa shape index (κ3) is 4.52. The molecule has 0 aliphatic carbocycles. The van der Waals surface area contributed by atoms with Crippen molar-refractivity contribution in [3.63, 3.8) is 0 Å². The summed E-state index contributed by atoms with van der Waals surface area (Å²) >= 11 is 0. The van der Waals surface area contributed by atoms with Crippen LogP contribution in [0.3, 0.4) is 0 Å². The normalized spacial score (nSPS) is 12.3. The molecule has 0 N–H and O–H groups in total. The minimum atomic E-state index is 0. The summed E-state index contributed by atoms with van der Waals surface area (Å²) in [6.07, 6.45) is 0. The summed E-state index contributed by atoms with van der Waals surface area (Å²) in [5.41, 5.74) is 1.30. The van der Waals surface area contributed by atoms with Gasteiger partial charge >= 0.3 is 18.9 Å². The fraction of sp³-hybridized carbons (Fsp3) is 0.455. The Hall–Kier alpha value is -0.223. The van der Waals surface area contributed by atoms with E-state index in [9.17, 15) is 0 Å². The van der Waals surface area contributed by atoms with E-state index >= 15 is 0 Å². The van der Waals surface area contributed by atoms with Gasteiger partial charge in [0, 0.05) is 0 Å². The summed E-state index contributed by atoms with van der Waals surface area (Å²) in [6.45, 7) is 6.36. The van der Waals surface area contributed by atoms with Crippen molar-refractivity contribution in [2.75, 3.05) is 0 Å². The Balaban J connectivity index is 0.00000144. The molecule has 1 aromatic carbocycles. The van der Waals surface area contributed by atoms with Crippen molar-refractivity contribution < 1.29 is 18.9 Å². The molecule has 0 saturated carbocycles. The van der Waals surface area contributed by atoms with Gasteiger partial charge < -0.3 is 5.32 Å². The number of hydrogen-bond donors (Lipinski definition) is 0. The predicted molar refractivity (Wildman–Crippen MR) is 53.4 cm³/mol. The van der Waals surface area contributed by atoms with Gasteiger partial charge in [0.2, 0.25) is 0 Å². The van der Waals surface area contributed by atoms with Crippen molar-refractivity contribution in [3.05, 3.63) is 41.2 Å². The van der Waals surface area contributed by atoms with Gasteiger partial charge in [-0.25, -0.2) is 0 Å². The first-order valence-corrected chi connectivity index (χ1v) is 4.45. The van der Waals surface area contributed by atoms with Crippen LogP contribution in [-0.2, 0) is 0 Å². The van der Waals surface area contributed by atoms with E-state index in [0.29, 0.717) is 12.1 Å². The zero-order valence-corrected chi connectivity index (χ0v) is 8.99. The van der Waals surface area contributed by atoms with E-state index in [1.54, 1.807) is 0 Å². The van der Waals surface area contributed by atoms with Crippen LogP contribution in [0.1, 0.15) is 32.4 Å². The van der Waals surface area contributed by atoms with Gasteiger partial charge in [0.25, 0.3) is 0 Å². The fourth-order valence-electron chi connectivity index (χ4n) is 1.26. The smallest absolute Gasteiger partial charge is 0.654 e. The SMILES string of the molecule is CC(C)[N-][C@H](C)c1ccccc1.[Li+]. The molecule has 13 heavy (non-hydrogen) atoms. The van der Waals surface area contributed by atoms with Gasteiger partial charge in [-0.1, -0.05) is 56.7 Å². The van der Waals surface area contributed by atoms with E-state index in [1.165, 1.54) is 5.56 Å². The van der Waals surface area contributed by atoms with Crippen LogP contribution < -0.4 is 18.9 Å². The number of rotatable bonds is 3. The van der Waals surface area contributed by atoms with Crippen LogP contribution in [0.4, 0.5) is 0 Å². The van der Waals surface area contributed by atoms with Crippen LogP contribution in [0.5, 0.6) is 0 Å². The van der Waals surface area contributed by atoms with Crippen LogP contribution in [0, 0.1) is 0 Å². The summed E-state index contributed by atoms with van der Waals surface area (Å²) < 4.78 is 0. The first-order valence-electron chi connectivity index (χ1n) is 4.45. The van der Waals surface area contributed by atoms with Crippen molar-refractivity contribution in [3.8, 4) is 0 Å². The average Bonchev–Trinajstić information content (AvgIpc) is 2.05. The predicted octanol–water partition coefficient (Wildman–Crippen LogP) is 0.534. The third-order valence-electron chi connectivity index (χ3n) is 1.80. The average molecular weight is 169 g/mol. The molecule has 0 aromatic heterocycles. The van der Waals surface area contributed by atoms with Gasteiger partial charge in [0.15, 0.2) is 0 Å². The van der Waals surface area contributed by atoms with Crippen molar-refractivity contribution in [2.45, 2.75) is 32.9 Å². The molecular formula is C11H16LiN. The molecule has 1 nitrogen and oxygen atoms in total. The van der Waals surface area contributed by atoms with Crippen LogP contribution in [0.2, 0.25) is 0 Å². The molecule has 0 radical (unpaired) electrons. The molecule has 0 spiro atoms. The maximum atomic E-state index is 4.55. The zero-order valence-electron chi connectivity index (χ0n) is 8.99. The van der Waals surface area contributed by atoms with Gasteiger partial charge in [0.05, 0.1) is 0 Å². The summed E-state index contributed by atoms with van der Waals surface area (Å²) in [6, 6.07) is 11.1. The largest absolute Gasteiger partial charge is 1.00 e. The Morgan fingerprint density at radius 3 is 2.00 bits per heavy atom. The second kappa shape index (κ2) is 6.26. The van der Waals surface area contributed by atoms with E-state index in [-0.39, 0.29) is 18.9 Å². The molecule has 0 aliphatic heterocycles. The van der Waals surface area contributed by atoms with Crippen LogP contribution in [0.15, 0.2) is 30.3 Å². The Labute approximate surface area is 93.1 Å². The van der Waals surface area contributed by atoms with Gasteiger partial charge in [-0.3, -0.25) is 0 Å². The fourth-order valence-corrected chi connectivity index (χ4v) is 1.26. The standard InChI is InChI=1S/C11H16N.Li/c1-9(2)12-10(3)11-7-5-4-6-8-11;/h4-10H,1-3H3;/q-1;+1/t10-;/m1./s1. The van der Waals surface area contributed by atoms with Gasteiger partial charge in [-0.2, -0.15) is 0 Å². The van der Waals surface area contributed by atoms with Crippen LogP contribution in [0.25, 0.3) is 5.32 Å². The number of nitrogens with zero attached hydrogens (tertiary/aromatic N) is 1. The molecule has 1 aromatic rings. The topological polar surface area (TPSA) is 14.1 Å². The molecule has 0 heterocycles. The van der Waals surface area contributed by atoms with Crippen LogP contribution in [-0.4, -0.2) is 6.04 Å². The molecule has 0 fully saturated rings. The Morgan fingerprint density at radius 2 is 1.54 bits per heavy atom. The molecule has 0 saturated heterocycles. The summed E-state index contributed by atoms with van der Waals surface area (Å²) in [5, 5.41) is 4.55. The molecule has 66 valence electrons. The number of benzene rings is 1. The summed E-state index contributed by atoms with van der Waals surface area (Å²) in [5.74, 6) is 0. The van der Waals surface area contributed by atoms with Gasteiger partial charge in [0.1, 0.15) is 0 Å². The van der Waals surface area contributed by atoms with Gasteiger partial charge in [-0.05, 0) is 0 Å². The molecule has 0 unspecified atom stereocenters. The number of hydrogen-bond acceptors (Lipinski definition) is 0. The van der Waals surface area contributed by atoms with Crippen molar-refractivity contribution in [1.82, 2.24) is 0 Å². The van der Waals surface area contributed by atoms with Crippen LogP contribution >= 0.6 is 0 Å². The Morgan fingerprint density at radius 1 is 1.00 bits per heavy atom. The molecule has 0 aliphatic rings. The second-order valence-corrected chi connectivity index (χ2v) is 3.33. The van der Waals surface area contributed by atoms with E-state index in [1.807, 2.05) is 6.07 Å². The van der Waals surface area contributed by atoms with Crippen molar-refractivity contribution >= 4 is 0 Å². The zero-order chi connectivity index (χ0) is 8.97. The van der Waals surface area contributed by atoms with E-state index in [4.69, 9.17) is 0 Å².